The van der Waals surface area contributed by atoms with Gasteiger partial charge in [-0.15, -0.1) is 0 Å². The molecule has 462 valence electrons. The zero-order chi connectivity index (χ0) is 57.8. The van der Waals surface area contributed by atoms with Crippen molar-refractivity contribution in [2.24, 2.45) is 0 Å². The summed E-state index contributed by atoms with van der Waals surface area (Å²) in [6.07, 6.45) is 90.3. The summed E-state index contributed by atoms with van der Waals surface area (Å²) >= 11 is 0. The van der Waals surface area contributed by atoms with Crippen LogP contribution in [0.4, 0.5) is 0 Å². The van der Waals surface area contributed by atoms with Gasteiger partial charge in [0.1, 0.15) is 13.2 Å². The lowest BCUT2D eigenvalue weighted by Gasteiger charge is -2.18. The van der Waals surface area contributed by atoms with E-state index in [1.165, 1.54) is 212 Å². The van der Waals surface area contributed by atoms with Crippen molar-refractivity contribution >= 4 is 17.9 Å². The summed E-state index contributed by atoms with van der Waals surface area (Å²) in [4.78, 5) is 38.4. The molecule has 0 aliphatic carbocycles. The third-order valence-corrected chi connectivity index (χ3v) is 15.1. The monoisotopic (exact) mass is 1110 g/mol. The molecule has 0 fully saturated rings. The molecule has 6 heteroatoms. The topological polar surface area (TPSA) is 78.9 Å². The highest BCUT2D eigenvalue weighted by Crippen LogP contribution is 2.17. The Morgan fingerprint density at radius 3 is 0.775 bits per heavy atom. The Kier molecular flexibility index (Phi) is 65.2. The van der Waals surface area contributed by atoms with Crippen LogP contribution < -0.4 is 0 Å². The number of hydrogen-bond donors (Lipinski definition) is 0. The van der Waals surface area contributed by atoms with Crippen molar-refractivity contribution in [3.05, 3.63) is 85.1 Å². The van der Waals surface area contributed by atoms with Crippen LogP contribution in [0.2, 0.25) is 0 Å². The third-order valence-electron chi connectivity index (χ3n) is 15.1. The molecule has 0 N–H and O–H groups in total. The van der Waals surface area contributed by atoms with E-state index in [1.807, 2.05) is 0 Å². The molecule has 0 aliphatic rings. The van der Waals surface area contributed by atoms with Crippen molar-refractivity contribution in [1.29, 1.82) is 0 Å². The SMILES string of the molecule is CC/C=C\C/C=C\C/C=C\C/C=C\CCCCCCCCCCCCCCCCC(=O)OCC(COC(=O)CCCCCCC/C=C\CCCCCCC)OC(=O)CCCCCCCCCCC/C=C\C/C=C\CCCCCCC. The first-order valence-electron chi connectivity index (χ1n) is 34.6. The first kappa shape index (κ1) is 76.6. The first-order chi connectivity index (χ1) is 39.5. The second-order valence-electron chi connectivity index (χ2n) is 23.1. The predicted molar refractivity (Wildman–Crippen MR) is 348 cm³/mol. The van der Waals surface area contributed by atoms with Gasteiger partial charge in [0.2, 0.25) is 0 Å². The van der Waals surface area contributed by atoms with Crippen LogP contribution >= 0.6 is 0 Å². The van der Waals surface area contributed by atoms with E-state index in [0.29, 0.717) is 19.3 Å². The van der Waals surface area contributed by atoms with Gasteiger partial charge in [-0.25, -0.2) is 0 Å². The molecule has 1 atom stereocenters. The van der Waals surface area contributed by atoms with E-state index in [0.717, 1.165) is 96.3 Å². The molecule has 0 aromatic rings. The molecular weight excluding hydrogens is 985 g/mol. The summed E-state index contributed by atoms with van der Waals surface area (Å²) in [6, 6.07) is 0. The molecule has 0 saturated carbocycles. The lowest BCUT2D eigenvalue weighted by molar-refractivity contribution is -0.167. The highest BCUT2D eigenvalue weighted by Gasteiger charge is 2.19. The molecule has 0 saturated heterocycles. The number of allylic oxidation sites excluding steroid dienone is 14. The Morgan fingerprint density at radius 2 is 0.487 bits per heavy atom. The maximum atomic E-state index is 12.9. The number of hydrogen-bond acceptors (Lipinski definition) is 6. The fourth-order valence-electron chi connectivity index (χ4n) is 9.93. The molecule has 0 aromatic heterocycles. The lowest BCUT2D eigenvalue weighted by Crippen LogP contribution is -2.30. The van der Waals surface area contributed by atoms with Gasteiger partial charge in [-0.05, 0) is 116 Å². The van der Waals surface area contributed by atoms with Gasteiger partial charge in [0.25, 0.3) is 0 Å². The molecule has 0 spiro atoms. The fraction of sp³-hybridized carbons (Fsp3) is 0.770. The van der Waals surface area contributed by atoms with Crippen LogP contribution in [0, 0.1) is 0 Å². The summed E-state index contributed by atoms with van der Waals surface area (Å²) in [6.45, 7) is 6.54. The van der Waals surface area contributed by atoms with Crippen molar-refractivity contribution < 1.29 is 28.6 Å². The minimum absolute atomic E-state index is 0.0786. The molecule has 80 heavy (non-hydrogen) atoms. The van der Waals surface area contributed by atoms with Crippen molar-refractivity contribution in [3.8, 4) is 0 Å². The molecule has 0 heterocycles. The zero-order valence-electron chi connectivity index (χ0n) is 53.1. The number of ether oxygens (including phenoxy) is 3. The fourth-order valence-corrected chi connectivity index (χ4v) is 9.93. The Balaban J connectivity index is 4.29. The third kappa shape index (κ3) is 65.4. The summed E-state index contributed by atoms with van der Waals surface area (Å²) < 4.78 is 17.0. The van der Waals surface area contributed by atoms with E-state index >= 15 is 0 Å². The van der Waals surface area contributed by atoms with E-state index in [9.17, 15) is 14.4 Å². The first-order valence-corrected chi connectivity index (χ1v) is 34.6. The summed E-state index contributed by atoms with van der Waals surface area (Å²) in [5, 5.41) is 0. The van der Waals surface area contributed by atoms with Gasteiger partial charge >= 0.3 is 17.9 Å². The van der Waals surface area contributed by atoms with Crippen molar-refractivity contribution in [2.75, 3.05) is 13.2 Å². The van der Waals surface area contributed by atoms with Crippen molar-refractivity contribution in [2.45, 2.75) is 354 Å². The molecule has 0 amide bonds. The Bertz CT molecular complexity index is 1520. The van der Waals surface area contributed by atoms with Crippen LogP contribution in [-0.2, 0) is 28.6 Å². The summed E-state index contributed by atoms with van der Waals surface area (Å²) in [5.74, 6) is -0.875. The molecule has 0 aromatic carbocycles. The van der Waals surface area contributed by atoms with E-state index < -0.39 is 6.10 Å². The van der Waals surface area contributed by atoms with Gasteiger partial charge in [0.05, 0.1) is 0 Å². The number of carbonyl (C=O) groups excluding carboxylic acids is 3. The highest BCUT2D eigenvalue weighted by atomic mass is 16.6. The Labute approximate surface area is 496 Å². The number of rotatable bonds is 63. The smallest absolute Gasteiger partial charge is 0.306 e. The van der Waals surface area contributed by atoms with Gasteiger partial charge in [-0.2, -0.15) is 0 Å². The number of unbranched alkanes of at least 4 members (excludes halogenated alkanes) is 38. The maximum Gasteiger partial charge on any atom is 0.306 e. The average Bonchev–Trinajstić information content (AvgIpc) is 3.46. The highest BCUT2D eigenvalue weighted by molar-refractivity contribution is 5.71. The molecule has 0 radical (unpaired) electrons. The van der Waals surface area contributed by atoms with Crippen LogP contribution in [0.3, 0.4) is 0 Å². The summed E-state index contributed by atoms with van der Waals surface area (Å²) in [7, 11) is 0. The largest absolute Gasteiger partial charge is 0.462 e. The normalized spacial score (nSPS) is 12.6. The molecule has 0 rings (SSSR count). The van der Waals surface area contributed by atoms with Crippen molar-refractivity contribution in [3.63, 3.8) is 0 Å². The number of esters is 3. The van der Waals surface area contributed by atoms with Gasteiger partial charge in [-0.1, -0.05) is 298 Å². The van der Waals surface area contributed by atoms with Gasteiger partial charge < -0.3 is 14.2 Å². The van der Waals surface area contributed by atoms with Crippen LogP contribution in [-0.4, -0.2) is 37.2 Å². The molecule has 0 bridgehead atoms. The van der Waals surface area contributed by atoms with Gasteiger partial charge in [0.15, 0.2) is 6.10 Å². The Morgan fingerprint density at radius 1 is 0.263 bits per heavy atom. The number of carbonyl (C=O) groups is 3. The van der Waals surface area contributed by atoms with Crippen LogP contribution in [0.1, 0.15) is 348 Å². The maximum absolute atomic E-state index is 12.9. The minimum Gasteiger partial charge on any atom is -0.462 e. The van der Waals surface area contributed by atoms with E-state index in [2.05, 4.69) is 106 Å². The molecule has 0 aliphatic heterocycles. The lowest BCUT2D eigenvalue weighted by atomic mass is 10.0. The molecular formula is C74H130O6. The summed E-state index contributed by atoms with van der Waals surface area (Å²) in [5.41, 5.74) is 0. The second-order valence-corrected chi connectivity index (χ2v) is 23.1. The molecule has 6 nitrogen and oxygen atoms in total. The molecule has 1 unspecified atom stereocenters. The quantitative estimate of drug-likeness (QED) is 0.0261. The second kappa shape index (κ2) is 68.1. The van der Waals surface area contributed by atoms with E-state index in [-0.39, 0.29) is 31.1 Å². The predicted octanol–water partition coefficient (Wildman–Crippen LogP) is 23.8. The standard InChI is InChI=1S/C74H130O6/c1-4-7-10-13-16-19-22-25-28-30-32-34-35-36-37-38-39-41-42-44-46-49-52-55-58-61-64-67-73(76)79-70-71(69-78-72(75)66-63-60-57-54-51-48-27-24-21-18-15-12-9-6-3)80-74(77)68-65-62-59-56-53-50-47-45-43-40-33-31-29-26-23-20-17-14-11-8-5-2/h7,10,16,19,23-28,31-34,71H,4-6,8-9,11-15,17-18,20-22,29-30,35-70H2,1-3H3/b10-7-,19-16-,26-23-,27-24-,28-25-,33-31-,34-32-. The van der Waals surface area contributed by atoms with Gasteiger partial charge in [0, 0.05) is 19.3 Å². The van der Waals surface area contributed by atoms with Crippen LogP contribution in [0.25, 0.3) is 0 Å². The van der Waals surface area contributed by atoms with E-state index in [1.54, 1.807) is 0 Å². The minimum atomic E-state index is -0.783. The van der Waals surface area contributed by atoms with Crippen LogP contribution in [0.5, 0.6) is 0 Å². The van der Waals surface area contributed by atoms with Crippen LogP contribution in [0.15, 0.2) is 85.1 Å². The van der Waals surface area contributed by atoms with E-state index in [4.69, 9.17) is 14.2 Å². The zero-order valence-corrected chi connectivity index (χ0v) is 53.1. The van der Waals surface area contributed by atoms with Crippen molar-refractivity contribution in [1.82, 2.24) is 0 Å². The van der Waals surface area contributed by atoms with Gasteiger partial charge in [-0.3, -0.25) is 14.4 Å². The Hall–Kier alpha value is -3.41. The average molecular weight is 1120 g/mol.